The molecule has 24 heteroatoms. The summed E-state index contributed by atoms with van der Waals surface area (Å²) in [5, 5.41) is 0. The fourth-order valence-electron chi connectivity index (χ4n) is 3.23. The molecule has 0 spiro atoms. The van der Waals surface area contributed by atoms with Crippen molar-refractivity contribution < 1.29 is 59.5 Å². The SMILES string of the molecule is CSC1=C(SC)SC(=C2SC(SC)=C(SCCCC[n+]3ccc(-c4cc[n+](C)cc4)cc3)S2)S1.F[P-](F)(F)(F)(F)F.F[P-](F)(F)(F)(F)F. The molecule has 0 amide bonds. The fourth-order valence-corrected chi connectivity index (χ4v) is 14.0. The summed E-state index contributed by atoms with van der Waals surface area (Å²) in [7, 11) is -19.3. The molecule has 0 unspecified atom stereocenters. The second kappa shape index (κ2) is 15.7. The molecule has 0 bridgehead atoms. The third kappa shape index (κ3) is 21.6. The van der Waals surface area contributed by atoms with E-state index in [9.17, 15) is 50.4 Å². The number of nitrogens with zero attached hydrogens (tertiary/aromatic N) is 2. The zero-order chi connectivity index (χ0) is 36.7. The van der Waals surface area contributed by atoms with Crippen LogP contribution in [0.3, 0.4) is 0 Å². The van der Waals surface area contributed by atoms with Crippen molar-refractivity contribution in [2.24, 2.45) is 7.05 Å². The van der Waals surface area contributed by atoms with Crippen LogP contribution >= 0.6 is 110 Å². The summed E-state index contributed by atoms with van der Waals surface area (Å²) < 4.78 is 132. The van der Waals surface area contributed by atoms with Gasteiger partial charge in [0.05, 0.1) is 25.4 Å². The van der Waals surface area contributed by atoms with Gasteiger partial charge in [0, 0.05) is 30.7 Å². The van der Waals surface area contributed by atoms with E-state index in [2.05, 4.69) is 77.0 Å². The maximum atomic E-state index is 9.87. The Morgan fingerprint density at radius 2 is 0.875 bits per heavy atom. The van der Waals surface area contributed by atoms with Crippen LogP contribution in [0, 0.1) is 0 Å². The van der Waals surface area contributed by atoms with Gasteiger partial charge in [0.2, 0.25) is 0 Å². The first-order chi connectivity index (χ1) is 21.5. The van der Waals surface area contributed by atoms with Gasteiger partial charge < -0.3 is 0 Å². The summed E-state index contributed by atoms with van der Waals surface area (Å²) in [5.74, 6) is 1.18. The Hall–Kier alpha value is 0.340. The molecule has 0 N–H and O–H groups in total. The molecule has 4 rings (SSSR count). The van der Waals surface area contributed by atoms with Crippen molar-refractivity contribution in [2.75, 3.05) is 24.5 Å². The van der Waals surface area contributed by atoms with E-state index >= 15 is 0 Å². The molecule has 2 aromatic rings. The van der Waals surface area contributed by atoms with Gasteiger partial charge in [-0.1, -0.05) is 47.0 Å². The molecule has 2 aliphatic rings. The number of hydrogen-bond donors (Lipinski definition) is 0. The first-order valence-corrected chi connectivity index (χ1v) is 24.8. The van der Waals surface area contributed by atoms with Crippen molar-refractivity contribution in [2.45, 2.75) is 19.4 Å². The van der Waals surface area contributed by atoms with Gasteiger partial charge in [-0.25, -0.2) is 9.13 Å². The molecule has 4 heterocycles. The van der Waals surface area contributed by atoms with E-state index < -0.39 is 15.6 Å². The third-order valence-corrected chi connectivity index (χ3v) is 16.2. The van der Waals surface area contributed by atoms with Crippen LogP contribution in [-0.2, 0) is 13.6 Å². The molecule has 0 atom stereocenters. The number of aryl methyl sites for hydroxylation is 2. The van der Waals surface area contributed by atoms with E-state index in [-0.39, 0.29) is 0 Å². The summed E-state index contributed by atoms with van der Waals surface area (Å²) >= 11 is 15.6. The van der Waals surface area contributed by atoms with Gasteiger partial charge in [-0.15, -0.1) is 47.0 Å². The maximum absolute atomic E-state index is 10.7. The second-order valence-corrected chi connectivity index (χ2v) is 22.3. The molecule has 0 radical (unpaired) electrons. The Morgan fingerprint density at radius 1 is 0.542 bits per heavy atom. The Labute approximate surface area is 303 Å². The van der Waals surface area contributed by atoms with Crippen LogP contribution in [0.1, 0.15) is 12.8 Å². The van der Waals surface area contributed by atoms with Gasteiger partial charge in [-0.3, -0.25) is 0 Å². The summed E-state index contributed by atoms with van der Waals surface area (Å²) in [6.45, 7) is 1.07. The van der Waals surface area contributed by atoms with Crippen molar-refractivity contribution in [3.63, 3.8) is 0 Å². The second-order valence-electron chi connectivity index (χ2n) is 9.29. The monoisotopic (exact) mass is 890 g/mol. The molecule has 276 valence electrons. The van der Waals surface area contributed by atoms with E-state index in [4.69, 9.17) is 0 Å². The van der Waals surface area contributed by atoms with Crippen LogP contribution in [0.25, 0.3) is 11.1 Å². The van der Waals surface area contributed by atoms with E-state index in [1.165, 1.54) is 55.1 Å². The van der Waals surface area contributed by atoms with Crippen molar-refractivity contribution in [3.8, 4) is 11.1 Å². The number of unbranched alkanes of at least 4 members (excludes halogenated alkanes) is 1. The van der Waals surface area contributed by atoms with Gasteiger partial charge in [0.1, 0.15) is 13.6 Å². The van der Waals surface area contributed by atoms with Gasteiger partial charge >= 0.3 is 66.0 Å². The van der Waals surface area contributed by atoms with Crippen LogP contribution in [0.4, 0.5) is 50.4 Å². The summed E-state index contributed by atoms with van der Waals surface area (Å²) in [4.78, 5) is 0. The number of aromatic nitrogens is 2. The quantitative estimate of drug-likeness (QED) is 0.0996. The van der Waals surface area contributed by atoms with Crippen molar-refractivity contribution in [3.05, 3.63) is 74.5 Å². The number of hydrogen-bond acceptors (Lipinski definition) is 8. The first kappa shape index (κ1) is 44.5. The molecule has 0 saturated heterocycles. The zero-order valence-electron chi connectivity index (χ0n) is 25.0. The molecule has 2 aromatic heterocycles. The molecule has 0 fully saturated rings. The summed E-state index contributed by atoms with van der Waals surface area (Å²) in [5.41, 5.74) is 2.54. The van der Waals surface area contributed by atoms with Gasteiger partial charge in [0.15, 0.2) is 24.8 Å². The van der Waals surface area contributed by atoms with Gasteiger partial charge in [0.25, 0.3) is 0 Å². The molecular weight excluding hydrogens is 863 g/mol. The third-order valence-electron chi connectivity index (χ3n) is 5.04. The Kier molecular flexibility index (Phi) is 14.6. The predicted molar refractivity (Wildman–Crippen MR) is 194 cm³/mol. The normalized spacial score (nSPS) is 18.3. The van der Waals surface area contributed by atoms with Crippen LogP contribution in [-0.4, -0.2) is 24.5 Å². The standard InChI is InChI=1S/C24H28N2S8.2F6P/c1-25-12-7-17(8-13-25)18-9-14-26(15-10-18)11-5-6-16-30-22-21(29-4)33-24(34-22)23-31-19(27-2)20(28-3)32-23;2*1-7(2,3,4,5)6/h7-10,12-15H,5-6,11,16H2,1-4H3;;/q+2;2*-1. The molecule has 0 aromatic carbocycles. The summed E-state index contributed by atoms with van der Waals surface area (Å²) in [6.07, 6.45) is 17.6. The molecule has 2 aliphatic heterocycles. The minimum atomic E-state index is -10.7. The Morgan fingerprint density at radius 3 is 1.25 bits per heavy atom. The van der Waals surface area contributed by atoms with Crippen LogP contribution in [0.5, 0.6) is 0 Å². The minimum absolute atomic E-state index is 1.07. The molecular formula is C24H28F12N2P2S8. The van der Waals surface area contributed by atoms with Crippen molar-refractivity contribution in [1.82, 2.24) is 0 Å². The van der Waals surface area contributed by atoms with Crippen LogP contribution in [0.2, 0.25) is 0 Å². The zero-order valence-corrected chi connectivity index (χ0v) is 33.4. The van der Waals surface area contributed by atoms with Gasteiger partial charge in [-0.05, 0) is 42.1 Å². The first-order valence-electron chi connectivity index (χ1n) is 12.8. The van der Waals surface area contributed by atoms with Crippen LogP contribution < -0.4 is 9.13 Å². The fraction of sp³-hybridized carbons (Fsp3) is 0.333. The van der Waals surface area contributed by atoms with Gasteiger partial charge in [-0.2, -0.15) is 0 Å². The average Bonchev–Trinajstić information content (AvgIpc) is 3.54. The molecule has 48 heavy (non-hydrogen) atoms. The van der Waals surface area contributed by atoms with E-state index in [0.717, 1.165) is 6.54 Å². The van der Waals surface area contributed by atoms with E-state index in [1.807, 2.05) is 101 Å². The number of rotatable bonds is 10. The number of halogens is 12. The van der Waals surface area contributed by atoms with Crippen LogP contribution in [0.15, 0.2) is 74.5 Å². The number of pyridine rings is 2. The molecule has 2 nitrogen and oxygen atoms in total. The molecule has 0 saturated carbocycles. The topological polar surface area (TPSA) is 7.76 Å². The molecule has 0 aliphatic carbocycles. The Balaban J connectivity index is 0.000000479. The summed E-state index contributed by atoms with van der Waals surface area (Å²) in [6, 6.07) is 8.78. The van der Waals surface area contributed by atoms with E-state index in [0.29, 0.717) is 0 Å². The Bertz CT molecular complexity index is 1460. The average molecular weight is 891 g/mol. The van der Waals surface area contributed by atoms with Crippen molar-refractivity contribution in [1.29, 1.82) is 0 Å². The van der Waals surface area contributed by atoms with Crippen molar-refractivity contribution >= 4 is 110 Å². The predicted octanol–water partition coefficient (Wildman–Crippen LogP) is 15.2. The number of thioether (sulfide) groups is 8. The van der Waals surface area contributed by atoms with E-state index in [1.54, 1.807) is 0 Å².